The van der Waals surface area contributed by atoms with Crippen LogP contribution in [0.1, 0.15) is 38.5 Å². The van der Waals surface area contributed by atoms with Crippen LogP contribution in [0, 0.1) is 11.8 Å². The van der Waals surface area contributed by atoms with Crippen molar-refractivity contribution < 1.29 is 14.7 Å². The Morgan fingerprint density at radius 3 is 2.11 bits per heavy atom. The standard InChI is InChI=1S/C13H22N2O3/c16-12(17)2-1-7-14-13(18)15(8-10-3-4-10)9-11-5-6-11/h10-11H,1-9H2,(H,14,18)(H,16,17). The molecule has 2 aliphatic rings. The van der Waals surface area contributed by atoms with Crippen LogP contribution in [0.3, 0.4) is 0 Å². The van der Waals surface area contributed by atoms with E-state index in [4.69, 9.17) is 5.11 Å². The van der Waals surface area contributed by atoms with Crippen molar-refractivity contribution in [3.05, 3.63) is 0 Å². The molecule has 0 aliphatic heterocycles. The van der Waals surface area contributed by atoms with Gasteiger partial charge in [-0.3, -0.25) is 4.79 Å². The van der Waals surface area contributed by atoms with Gasteiger partial charge in [0.25, 0.3) is 0 Å². The summed E-state index contributed by atoms with van der Waals surface area (Å²) < 4.78 is 0. The van der Waals surface area contributed by atoms with Gasteiger partial charge in [-0.05, 0) is 43.9 Å². The van der Waals surface area contributed by atoms with Crippen molar-refractivity contribution in [2.75, 3.05) is 19.6 Å². The second kappa shape index (κ2) is 6.07. The molecule has 0 heterocycles. The van der Waals surface area contributed by atoms with Crippen LogP contribution in [-0.4, -0.2) is 41.6 Å². The van der Waals surface area contributed by atoms with E-state index in [9.17, 15) is 9.59 Å². The molecule has 0 aromatic heterocycles. The smallest absolute Gasteiger partial charge is 0.317 e. The first-order chi connectivity index (χ1) is 8.65. The molecule has 0 atom stereocenters. The number of urea groups is 1. The van der Waals surface area contributed by atoms with E-state index in [2.05, 4.69) is 5.32 Å². The van der Waals surface area contributed by atoms with E-state index in [0.29, 0.717) is 24.8 Å². The van der Waals surface area contributed by atoms with E-state index in [1.54, 1.807) is 0 Å². The van der Waals surface area contributed by atoms with Crippen LogP contribution in [0.25, 0.3) is 0 Å². The van der Waals surface area contributed by atoms with Crippen LogP contribution < -0.4 is 5.32 Å². The molecule has 0 saturated heterocycles. The Morgan fingerprint density at radius 1 is 1.11 bits per heavy atom. The van der Waals surface area contributed by atoms with Crippen molar-refractivity contribution in [3.63, 3.8) is 0 Å². The molecule has 2 aliphatic carbocycles. The fourth-order valence-electron chi connectivity index (χ4n) is 2.01. The molecule has 18 heavy (non-hydrogen) atoms. The molecular formula is C13H22N2O3. The van der Waals surface area contributed by atoms with Gasteiger partial charge in [-0.2, -0.15) is 0 Å². The second-order valence-electron chi connectivity index (χ2n) is 5.52. The minimum atomic E-state index is -0.808. The first-order valence-electron chi connectivity index (χ1n) is 6.89. The predicted molar refractivity (Wildman–Crippen MR) is 67.3 cm³/mol. The first kappa shape index (κ1) is 13.2. The average molecular weight is 254 g/mol. The van der Waals surface area contributed by atoms with Crippen LogP contribution in [0.4, 0.5) is 4.79 Å². The van der Waals surface area contributed by atoms with E-state index in [0.717, 1.165) is 13.1 Å². The topological polar surface area (TPSA) is 69.6 Å². The third-order valence-corrected chi connectivity index (χ3v) is 3.48. The quantitative estimate of drug-likeness (QED) is 0.647. The van der Waals surface area contributed by atoms with Gasteiger partial charge in [0.15, 0.2) is 0 Å². The number of hydrogen-bond donors (Lipinski definition) is 2. The Labute approximate surface area is 108 Å². The minimum absolute atomic E-state index is 0.0146. The Kier molecular flexibility index (Phi) is 4.44. The Hall–Kier alpha value is -1.26. The number of carboxylic acid groups (broad SMARTS) is 1. The molecule has 102 valence electrons. The molecule has 0 unspecified atom stereocenters. The molecular weight excluding hydrogens is 232 g/mol. The van der Waals surface area contributed by atoms with Crippen molar-refractivity contribution in [1.29, 1.82) is 0 Å². The van der Waals surface area contributed by atoms with Gasteiger partial charge in [0, 0.05) is 26.1 Å². The number of carbonyl (C=O) groups is 2. The summed E-state index contributed by atoms with van der Waals surface area (Å²) in [7, 11) is 0. The number of amides is 2. The first-order valence-corrected chi connectivity index (χ1v) is 6.89. The molecule has 5 nitrogen and oxygen atoms in total. The van der Waals surface area contributed by atoms with Gasteiger partial charge in [0.2, 0.25) is 0 Å². The summed E-state index contributed by atoms with van der Waals surface area (Å²) in [5.41, 5.74) is 0. The molecule has 2 rings (SSSR count). The Balaban J connectivity index is 1.66. The van der Waals surface area contributed by atoms with Crippen molar-refractivity contribution in [1.82, 2.24) is 10.2 Å². The van der Waals surface area contributed by atoms with E-state index in [1.807, 2.05) is 4.90 Å². The van der Waals surface area contributed by atoms with Crippen molar-refractivity contribution >= 4 is 12.0 Å². The fourth-order valence-corrected chi connectivity index (χ4v) is 2.01. The summed E-state index contributed by atoms with van der Waals surface area (Å²) in [5.74, 6) is 0.596. The zero-order chi connectivity index (χ0) is 13.0. The molecule has 0 spiro atoms. The van der Waals surface area contributed by atoms with Gasteiger partial charge in [-0.1, -0.05) is 0 Å². The van der Waals surface area contributed by atoms with Gasteiger partial charge in [-0.15, -0.1) is 0 Å². The number of carbonyl (C=O) groups excluding carboxylic acids is 1. The normalized spacial score (nSPS) is 18.4. The number of nitrogens with one attached hydrogen (secondary N) is 1. The lowest BCUT2D eigenvalue weighted by Gasteiger charge is -2.23. The summed E-state index contributed by atoms with van der Waals surface area (Å²) in [4.78, 5) is 24.3. The number of aliphatic carboxylic acids is 1. The van der Waals surface area contributed by atoms with Gasteiger partial charge in [-0.25, -0.2) is 4.79 Å². The van der Waals surface area contributed by atoms with E-state index < -0.39 is 5.97 Å². The zero-order valence-corrected chi connectivity index (χ0v) is 10.7. The zero-order valence-electron chi connectivity index (χ0n) is 10.7. The molecule has 0 aromatic rings. The van der Waals surface area contributed by atoms with Crippen molar-refractivity contribution in [3.8, 4) is 0 Å². The lowest BCUT2D eigenvalue weighted by molar-refractivity contribution is -0.137. The highest BCUT2D eigenvalue weighted by Crippen LogP contribution is 2.33. The third-order valence-electron chi connectivity index (χ3n) is 3.48. The molecule has 2 N–H and O–H groups in total. The summed E-state index contributed by atoms with van der Waals surface area (Å²) in [6.45, 7) is 2.21. The summed E-state index contributed by atoms with van der Waals surface area (Å²) in [6, 6.07) is -0.0146. The molecule has 2 fully saturated rings. The molecule has 2 saturated carbocycles. The average Bonchev–Trinajstić information content (AvgIpc) is 3.17. The SMILES string of the molecule is O=C(O)CCCNC(=O)N(CC1CC1)CC1CC1. The lowest BCUT2D eigenvalue weighted by atomic mass is 10.3. The lowest BCUT2D eigenvalue weighted by Crippen LogP contribution is -2.42. The van der Waals surface area contributed by atoms with E-state index in [-0.39, 0.29) is 12.5 Å². The van der Waals surface area contributed by atoms with Crippen LogP contribution in [0.2, 0.25) is 0 Å². The fraction of sp³-hybridized carbons (Fsp3) is 0.846. The monoisotopic (exact) mass is 254 g/mol. The Bertz CT molecular complexity index is 297. The van der Waals surface area contributed by atoms with Crippen LogP contribution >= 0.6 is 0 Å². The molecule has 2 amide bonds. The highest BCUT2D eigenvalue weighted by Gasteiger charge is 2.31. The maximum absolute atomic E-state index is 12.0. The maximum Gasteiger partial charge on any atom is 0.317 e. The van der Waals surface area contributed by atoms with Gasteiger partial charge >= 0.3 is 12.0 Å². The molecule has 5 heteroatoms. The summed E-state index contributed by atoms with van der Waals surface area (Å²) in [5, 5.41) is 11.3. The Morgan fingerprint density at radius 2 is 1.67 bits per heavy atom. The number of nitrogens with zero attached hydrogens (tertiary/aromatic N) is 1. The van der Waals surface area contributed by atoms with Crippen LogP contribution in [-0.2, 0) is 4.79 Å². The molecule has 0 radical (unpaired) electrons. The number of rotatable bonds is 8. The van der Waals surface area contributed by atoms with Gasteiger partial charge < -0.3 is 15.3 Å². The second-order valence-corrected chi connectivity index (χ2v) is 5.52. The number of hydrogen-bond acceptors (Lipinski definition) is 2. The van der Waals surface area contributed by atoms with Gasteiger partial charge in [0.05, 0.1) is 0 Å². The molecule has 0 bridgehead atoms. The third kappa shape index (κ3) is 4.94. The maximum atomic E-state index is 12.0. The van der Waals surface area contributed by atoms with Crippen molar-refractivity contribution in [2.45, 2.75) is 38.5 Å². The number of carboxylic acids is 1. The van der Waals surface area contributed by atoms with Crippen LogP contribution in [0.5, 0.6) is 0 Å². The summed E-state index contributed by atoms with van der Waals surface area (Å²) in [6.07, 6.45) is 5.59. The minimum Gasteiger partial charge on any atom is -0.481 e. The van der Waals surface area contributed by atoms with Gasteiger partial charge in [0.1, 0.15) is 0 Å². The van der Waals surface area contributed by atoms with Crippen LogP contribution in [0.15, 0.2) is 0 Å². The predicted octanol–water partition coefficient (Wildman–Crippen LogP) is 1.68. The van der Waals surface area contributed by atoms with E-state index >= 15 is 0 Å². The largest absolute Gasteiger partial charge is 0.481 e. The highest BCUT2D eigenvalue weighted by atomic mass is 16.4. The van der Waals surface area contributed by atoms with E-state index in [1.165, 1.54) is 25.7 Å². The highest BCUT2D eigenvalue weighted by molar-refractivity contribution is 5.74. The summed E-state index contributed by atoms with van der Waals surface area (Å²) >= 11 is 0. The molecule has 0 aromatic carbocycles. The van der Waals surface area contributed by atoms with Crippen molar-refractivity contribution in [2.24, 2.45) is 11.8 Å².